The highest BCUT2D eigenvalue weighted by Crippen LogP contribution is 2.37. The van der Waals surface area contributed by atoms with Gasteiger partial charge < -0.3 is 14.6 Å². The molecule has 1 aliphatic rings. The minimum absolute atomic E-state index is 0.0287. The SMILES string of the molecule is Cc1ccccc1[C@@H]1CN(C(=O)c2ccc[nH]c2=O)CCC1OCc1cc(C(F)(F)F)cc(C(F)(F)F)c1. The summed E-state index contributed by atoms with van der Waals surface area (Å²) in [5.74, 6) is -0.902. The first kappa shape index (κ1) is 27.4. The number of ether oxygens (including phenoxy) is 1. The van der Waals surface area contributed by atoms with Crippen LogP contribution in [0.4, 0.5) is 26.3 Å². The number of halogens is 6. The number of carbonyl (C=O) groups is 1. The van der Waals surface area contributed by atoms with Gasteiger partial charge in [-0.3, -0.25) is 9.59 Å². The number of aryl methyl sites for hydroxylation is 1. The van der Waals surface area contributed by atoms with Gasteiger partial charge in [-0.15, -0.1) is 0 Å². The average Bonchev–Trinajstić information content (AvgIpc) is 2.86. The van der Waals surface area contributed by atoms with Gasteiger partial charge in [-0.2, -0.15) is 26.3 Å². The number of hydrogen-bond acceptors (Lipinski definition) is 3. The largest absolute Gasteiger partial charge is 0.416 e. The fraction of sp³-hybridized carbons (Fsp3) is 0.333. The Hall–Kier alpha value is -3.60. The van der Waals surface area contributed by atoms with E-state index in [0.717, 1.165) is 11.1 Å². The molecule has 1 fully saturated rings. The molecule has 4 rings (SSSR count). The van der Waals surface area contributed by atoms with Crippen LogP contribution >= 0.6 is 0 Å². The first-order valence-corrected chi connectivity index (χ1v) is 11.8. The molecular formula is C27H24F6N2O3. The van der Waals surface area contributed by atoms with Crippen molar-refractivity contribution >= 4 is 5.91 Å². The van der Waals surface area contributed by atoms with Crippen LogP contribution in [0.3, 0.4) is 0 Å². The molecule has 1 N–H and O–H groups in total. The number of H-pyrrole nitrogens is 1. The van der Waals surface area contributed by atoms with Crippen molar-refractivity contribution in [3.05, 3.63) is 105 Å². The maximum Gasteiger partial charge on any atom is 0.416 e. The fourth-order valence-electron chi connectivity index (χ4n) is 4.68. The van der Waals surface area contributed by atoms with E-state index < -0.39 is 53.6 Å². The Balaban J connectivity index is 1.61. The summed E-state index contributed by atoms with van der Waals surface area (Å²) in [5, 5.41) is 0. The second-order valence-corrected chi connectivity index (χ2v) is 9.18. The Morgan fingerprint density at radius 2 is 1.66 bits per heavy atom. The Bertz CT molecular complexity index is 1330. The molecule has 1 unspecified atom stereocenters. The molecule has 2 aromatic carbocycles. The molecule has 38 heavy (non-hydrogen) atoms. The van der Waals surface area contributed by atoms with Crippen molar-refractivity contribution < 1.29 is 35.9 Å². The Kier molecular flexibility index (Phi) is 7.68. The van der Waals surface area contributed by atoms with E-state index in [2.05, 4.69) is 4.98 Å². The van der Waals surface area contributed by atoms with Crippen molar-refractivity contribution in [2.24, 2.45) is 0 Å². The van der Waals surface area contributed by atoms with Gasteiger partial charge in [-0.25, -0.2) is 0 Å². The second kappa shape index (κ2) is 10.6. The lowest BCUT2D eigenvalue weighted by Crippen LogP contribution is -2.47. The molecular weight excluding hydrogens is 514 g/mol. The van der Waals surface area contributed by atoms with Crippen LogP contribution in [0.25, 0.3) is 0 Å². The predicted molar refractivity (Wildman–Crippen MR) is 127 cm³/mol. The highest BCUT2D eigenvalue weighted by molar-refractivity contribution is 5.93. The van der Waals surface area contributed by atoms with Crippen LogP contribution in [-0.2, 0) is 23.7 Å². The van der Waals surface area contributed by atoms with Crippen molar-refractivity contribution in [1.29, 1.82) is 0 Å². The average molecular weight is 538 g/mol. The quantitative estimate of drug-likeness (QED) is 0.410. The topological polar surface area (TPSA) is 62.4 Å². The Morgan fingerprint density at radius 1 is 1.00 bits per heavy atom. The van der Waals surface area contributed by atoms with Crippen LogP contribution in [0.1, 0.15) is 50.5 Å². The first-order chi connectivity index (χ1) is 17.8. The maximum atomic E-state index is 13.3. The predicted octanol–water partition coefficient (Wildman–Crippen LogP) is 5.94. The van der Waals surface area contributed by atoms with E-state index in [4.69, 9.17) is 4.74 Å². The molecule has 0 saturated carbocycles. The van der Waals surface area contributed by atoms with Gasteiger partial charge in [-0.05, 0) is 60.4 Å². The number of benzene rings is 2. The second-order valence-electron chi connectivity index (χ2n) is 9.18. The van der Waals surface area contributed by atoms with Crippen LogP contribution in [0, 0.1) is 6.92 Å². The van der Waals surface area contributed by atoms with Crippen LogP contribution in [0.5, 0.6) is 0 Å². The standard InChI is InChI=1S/C27H24F6N2O3/c1-16-5-2-3-6-20(16)22-14-35(25(37)21-7-4-9-34-24(21)36)10-8-23(22)38-15-17-11-18(26(28,29)30)13-19(12-17)27(31,32)33/h2-7,9,11-13,22-23H,8,10,14-15H2,1H3,(H,34,36)/t22-,23?/m0/s1. The number of aromatic nitrogens is 1. The molecule has 3 aromatic rings. The number of rotatable bonds is 5. The summed E-state index contributed by atoms with van der Waals surface area (Å²) in [4.78, 5) is 29.2. The zero-order valence-corrected chi connectivity index (χ0v) is 20.2. The Labute approximate surface area is 214 Å². The molecule has 202 valence electrons. The van der Waals surface area contributed by atoms with Gasteiger partial charge in [0, 0.05) is 25.2 Å². The lowest BCUT2D eigenvalue weighted by Gasteiger charge is -2.39. The van der Waals surface area contributed by atoms with Gasteiger partial charge in [0.05, 0.1) is 23.8 Å². The van der Waals surface area contributed by atoms with E-state index >= 15 is 0 Å². The van der Waals surface area contributed by atoms with Crippen molar-refractivity contribution in [3.63, 3.8) is 0 Å². The zero-order valence-electron chi connectivity index (χ0n) is 20.2. The minimum Gasteiger partial charge on any atom is -0.373 e. The number of nitrogens with one attached hydrogen (secondary N) is 1. The van der Waals surface area contributed by atoms with E-state index in [0.29, 0.717) is 12.1 Å². The molecule has 0 aliphatic carbocycles. The van der Waals surface area contributed by atoms with E-state index in [9.17, 15) is 35.9 Å². The highest BCUT2D eigenvalue weighted by Gasteiger charge is 2.38. The van der Waals surface area contributed by atoms with Crippen LogP contribution in [-0.4, -0.2) is 35.0 Å². The number of nitrogens with zero attached hydrogens (tertiary/aromatic N) is 1. The van der Waals surface area contributed by atoms with Crippen molar-refractivity contribution in [3.8, 4) is 0 Å². The monoisotopic (exact) mass is 538 g/mol. The third-order valence-electron chi connectivity index (χ3n) is 6.58. The van der Waals surface area contributed by atoms with Gasteiger partial charge >= 0.3 is 12.4 Å². The molecule has 2 heterocycles. The summed E-state index contributed by atoms with van der Waals surface area (Å²) >= 11 is 0. The molecule has 1 amide bonds. The molecule has 2 atom stereocenters. The summed E-state index contributed by atoms with van der Waals surface area (Å²) < 4.78 is 85.6. The molecule has 11 heteroatoms. The lowest BCUT2D eigenvalue weighted by atomic mass is 9.85. The molecule has 1 saturated heterocycles. The molecule has 1 aliphatic heterocycles. The van der Waals surface area contributed by atoms with Crippen LogP contribution in [0.2, 0.25) is 0 Å². The number of amides is 1. The number of aromatic amines is 1. The normalized spacial score (nSPS) is 18.4. The number of pyridine rings is 1. The first-order valence-electron chi connectivity index (χ1n) is 11.8. The zero-order chi connectivity index (χ0) is 27.7. The summed E-state index contributed by atoms with van der Waals surface area (Å²) in [6.45, 7) is 1.72. The van der Waals surface area contributed by atoms with Crippen LogP contribution < -0.4 is 5.56 Å². The molecule has 0 radical (unpaired) electrons. The third-order valence-corrected chi connectivity index (χ3v) is 6.58. The number of carbonyl (C=O) groups excluding carboxylic acids is 1. The Morgan fingerprint density at radius 3 is 2.26 bits per heavy atom. The van der Waals surface area contributed by atoms with Gasteiger partial charge in [0.25, 0.3) is 11.5 Å². The van der Waals surface area contributed by atoms with E-state index in [1.54, 1.807) is 6.07 Å². The number of likely N-dealkylation sites (tertiary alicyclic amines) is 1. The van der Waals surface area contributed by atoms with Gasteiger partial charge in [-0.1, -0.05) is 24.3 Å². The van der Waals surface area contributed by atoms with E-state index in [-0.39, 0.29) is 36.7 Å². The van der Waals surface area contributed by atoms with Crippen molar-refractivity contribution in [2.75, 3.05) is 13.1 Å². The third kappa shape index (κ3) is 6.09. The van der Waals surface area contributed by atoms with E-state index in [1.165, 1.54) is 23.2 Å². The maximum absolute atomic E-state index is 13.3. The fourth-order valence-corrected chi connectivity index (χ4v) is 4.68. The van der Waals surface area contributed by atoms with Gasteiger partial charge in [0.15, 0.2) is 0 Å². The van der Waals surface area contributed by atoms with Gasteiger partial charge in [0.1, 0.15) is 5.56 Å². The lowest BCUT2D eigenvalue weighted by molar-refractivity contribution is -0.143. The molecule has 5 nitrogen and oxygen atoms in total. The number of alkyl halides is 6. The summed E-state index contributed by atoms with van der Waals surface area (Å²) in [5.41, 5.74) is -1.92. The summed E-state index contributed by atoms with van der Waals surface area (Å²) in [6, 6.07) is 11.6. The number of hydrogen-bond donors (Lipinski definition) is 1. The summed E-state index contributed by atoms with van der Waals surface area (Å²) in [7, 11) is 0. The number of piperidine rings is 1. The van der Waals surface area contributed by atoms with Crippen molar-refractivity contribution in [1.82, 2.24) is 9.88 Å². The van der Waals surface area contributed by atoms with E-state index in [1.807, 2.05) is 25.1 Å². The molecule has 0 bridgehead atoms. The highest BCUT2D eigenvalue weighted by atomic mass is 19.4. The molecule has 1 aromatic heterocycles. The minimum atomic E-state index is -4.96. The van der Waals surface area contributed by atoms with Crippen LogP contribution in [0.15, 0.2) is 65.6 Å². The van der Waals surface area contributed by atoms with Gasteiger partial charge in [0.2, 0.25) is 0 Å². The van der Waals surface area contributed by atoms with Crippen molar-refractivity contribution in [2.45, 2.75) is 44.3 Å². The summed E-state index contributed by atoms with van der Waals surface area (Å²) in [6.07, 6.45) is -8.84. The molecule has 0 spiro atoms. The smallest absolute Gasteiger partial charge is 0.373 e.